The molecule has 3 heteroatoms. The quantitative estimate of drug-likeness (QED) is 0.703. The van der Waals surface area contributed by atoms with Gasteiger partial charge in [-0.1, -0.05) is 19.8 Å². The summed E-state index contributed by atoms with van der Waals surface area (Å²) in [6.07, 6.45) is 5.77. The summed E-state index contributed by atoms with van der Waals surface area (Å²) in [5.41, 5.74) is 0. The van der Waals surface area contributed by atoms with Crippen LogP contribution in [0.25, 0.3) is 0 Å². The van der Waals surface area contributed by atoms with Crippen LogP contribution in [-0.4, -0.2) is 37.5 Å². The Bertz CT molecular complexity index is 188. The van der Waals surface area contributed by atoms with Crippen LogP contribution in [0.1, 0.15) is 39.0 Å². The Kier molecular flexibility index (Phi) is 5.69. The number of hydrogen-bond donors (Lipinski definition) is 1. The maximum atomic E-state index is 12.0. The fourth-order valence-electron chi connectivity index (χ4n) is 2.08. The van der Waals surface area contributed by atoms with E-state index in [1.54, 1.807) is 0 Å². The number of nitrogens with zero attached hydrogens (tertiary/aromatic N) is 1. The number of carbonyl (C=O) groups excluding carboxylic acids is 1. The summed E-state index contributed by atoms with van der Waals surface area (Å²) in [4.78, 5) is 13.9. The van der Waals surface area contributed by atoms with E-state index >= 15 is 0 Å². The topological polar surface area (TPSA) is 32.3 Å². The summed E-state index contributed by atoms with van der Waals surface area (Å²) in [5, 5.41) is 3.29. The SMILES string of the molecule is CCCCCN(C)C(=O)[C@H]1CCCNC1. The molecule has 1 heterocycles. The second-order valence-electron chi connectivity index (χ2n) is 4.51. The zero-order valence-electron chi connectivity index (χ0n) is 10.1. The predicted molar refractivity (Wildman–Crippen MR) is 62.8 cm³/mol. The Labute approximate surface area is 93.2 Å². The highest BCUT2D eigenvalue weighted by Crippen LogP contribution is 2.13. The number of hydrogen-bond acceptors (Lipinski definition) is 2. The molecule has 0 aromatic carbocycles. The lowest BCUT2D eigenvalue weighted by Gasteiger charge is -2.27. The molecular weight excluding hydrogens is 188 g/mol. The molecule has 1 atom stereocenters. The van der Waals surface area contributed by atoms with E-state index in [1.165, 1.54) is 12.8 Å². The van der Waals surface area contributed by atoms with E-state index < -0.39 is 0 Å². The van der Waals surface area contributed by atoms with E-state index in [-0.39, 0.29) is 5.92 Å². The van der Waals surface area contributed by atoms with Crippen molar-refractivity contribution in [2.45, 2.75) is 39.0 Å². The number of carbonyl (C=O) groups is 1. The number of piperidine rings is 1. The van der Waals surface area contributed by atoms with Crippen molar-refractivity contribution < 1.29 is 4.79 Å². The molecule has 0 bridgehead atoms. The van der Waals surface area contributed by atoms with Crippen LogP contribution in [0, 0.1) is 5.92 Å². The average Bonchev–Trinajstić information content (AvgIpc) is 2.29. The zero-order chi connectivity index (χ0) is 11.1. The van der Waals surface area contributed by atoms with Crippen molar-refractivity contribution in [3.8, 4) is 0 Å². The van der Waals surface area contributed by atoms with Crippen molar-refractivity contribution in [2.24, 2.45) is 5.92 Å². The van der Waals surface area contributed by atoms with Crippen LogP contribution in [0.4, 0.5) is 0 Å². The molecular formula is C12H24N2O. The molecule has 0 radical (unpaired) electrons. The van der Waals surface area contributed by atoms with Gasteiger partial charge in [0.05, 0.1) is 5.92 Å². The lowest BCUT2D eigenvalue weighted by molar-refractivity contribution is -0.134. The first kappa shape index (κ1) is 12.5. The van der Waals surface area contributed by atoms with Crippen LogP contribution in [0.5, 0.6) is 0 Å². The third kappa shape index (κ3) is 4.20. The van der Waals surface area contributed by atoms with E-state index in [9.17, 15) is 4.79 Å². The predicted octanol–water partition coefficient (Wildman–Crippen LogP) is 1.63. The largest absolute Gasteiger partial charge is 0.345 e. The molecule has 1 N–H and O–H groups in total. The minimum atomic E-state index is 0.227. The van der Waals surface area contributed by atoms with Gasteiger partial charge in [-0.05, 0) is 25.8 Å². The van der Waals surface area contributed by atoms with Gasteiger partial charge < -0.3 is 10.2 Å². The first-order chi connectivity index (χ1) is 7.25. The number of nitrogens with one attached hydrogen (secondary N) is 1. The molecule has 1 aliphatic rings. The Hall–Kier alpha value is -0.570. The smallest absolute Gasteiger partial charge is 0.226 e. The summed E-state index contributed by atoms with van der Waals surface area (Å²) in [5.74, 6) is 0.559. The van der Waals surface area contributed by atoms with E-state index in [0.717, 1.165) is 38.9 Å². The fourth-order valence-corrected chi connectivity index (χ4v) is 2.08. The molecule has 1 amide bonds. The molecule has 0 spiro atoms. The summed E-state index contributed by atoms with van der Waals surface area (Å²) in [6.45, 7) is 5.05. The van der Waals surface area contributed by atoms with Gasteiger partial charge in [0.2, 0.25) is 5.91 Å². The fraction of sp³-hybridized carbons (Fsp3) is 0.917. The second-order valence-corrected chi connectivity index (χ2v) is 4.51. The minimum Gasteiger partial charge on any atom is -0.345 e. The number of amides is 1. The van der Waals surface area contributed by atoms with Crippen molar-refractivity contribution in [2.75, 3.05) is 26.7 Å². The standard InChI is InChI=1S/C12H24N2O/c1-3-4-5-9-14(2)12(15)11-7-6-8-13-10-11/h11,13H,3-10H2,1-2H3/t11-/m0/s1. The van der Waals surface area contributed by atoms with Crippen molar-refractivity contribution in [1.82, 2.24) is 10.2 Å². The third-order valence-corrected chi connectivity index (χ3v) is 3.12. The maximum Gasteiger partial charge on any atom is 0.226 e. The molecule has 1 aliphatic heterocycles. The zero-order valence-corrected chi connectivity index (χ0v) is 10.1. The van der Waals surface area contributed by atoms with Gasteiger partial charge in [0.25, 0.3) is 0 Å². The molecule has 1 fully saturated rings. The van der Waals surface area contributed by atoms with Crippen molar-refractivity contribution >= 4 is 5.91 Å². The molecule has 0 aliphatic carbocycles. The summed E-state index contributed by atoms with van der Waals surface area (Å²) < 4.78 is 0. The van der Waals surface area contributed by atoms with Gasteiger partial charge in [0.1, 0.15) is 0 Å². The Morgan fingerprint density at radius 3 is 2.87 bits per heavy atom. The molecule has 15 heavy (non-hydrogen) atoms. The normalized spacial score (nSPS) is 21.3. The van der Waals surface area contributed by atoms with Gasteiger partial charge in [-0.25, -0.2) is 0 Å². The molecule has 0 aromatic rings. The average molecular weight is 212 g/mol. The molecule has 0 aromatic heterocycles. The maximum absolute atomic E-state index is 12.0. The van der Waals surface area contributed by atoms with E-state index in [2.05, 4.69) is 12.2 Å². The minimum absolute atomic E-state index is 0.227. The molecule has 1 saturated heterocycles. The van der Waals surface area contributed by atoms with Crippen molar-refractivity contribution in [3.63, 3.8) is 0 Å². The van der Waals surface area contributed by atoms with E-state index in [0.29, 0.717) is 5.91 Å². The number of rotatable bonds is 5. The summed E-state index contributed by atoms with van der Waals surface area (Å²) in [7, 11) is 1.94. The van der Waals surface area contributed by atoms with Crippen LogP contribution < -0.4 is 5.32 Å². The van der Waals surface area contributed by atoms with Crippen LogP contribution >= 0.6 is 0 Å². The Morgan fingerprint density at radius 2 is 2.27 bits per heavy atom. The highest BCUT2D eigenvalue weighted by Gasteiger charge is 2.23. The molecule has 88 valence electrons. The van der Waals surface area contributed by atoms with E-state index in [4.69, 9.17) is 0 Å². The van der Waals surface area contributed by atoms with Crippen molar-refractivity contribution in [1.29, 1.82) is 0 Å². The third-order valence-electron chi connectivity index (χ3n) is 3.12. The second kappa shape index (κ2) is 6.83. The van der Waals surface area contributed by atoms with Gasteiger partial charge in [-0.2, -0.15) is 0 Å². The molecule has 0 unspecified atom stereocenters. The lowest BCUT2D eigenvalue weighted by atomic mass is 9.98. The van der Waals surface area contributed by atoms with Gasteiger partial charge in [-0.15, -0.1) is 0 Å². The highest BCUT2D eigenvalue weighted by molar-refractivity contribution is 5.78. The van der Waals surface area contributed by atoms with Crippen molar-refractivity contribution in [3.05, 3.63) is 0 Å². The Morgan fingerprint density at radius 1 is 1.47 bits per heavy atom. The van der Waals surface area contributed by atoms with Gasteiger partial charge >= 0.3 is 0 Å². The van der Waals surface area contributed by atoms with Crippen LogP contribution in [0.2, 0.25) is 0 Å². The molecule has 0 saturated carbocycles. The van der Waals surface area contributed by atoms with Gasteiger partial charge in [0.15, 0.2) is 0 Å². The van der Waals surface area contributed by atoms with Crippen LogP contribution in [-0.2, 0) is 4.79 Å². The molecule has 3 nitrogen and oxygen atoms in total. The monoisotopic (exact) mass is 212 g/mol. The van der Waals surface area contributed by atoms with Crippen LogP contribution in [0.3, 0.4) is 0 Å². The van der Waals surface area contributed by atoms with Crippen LogP contribution in [0.15, 0.2) is 0 Å². The lowest BCUT2D eigenvalue weighted by Crippen LogP contribution is -2.41. The van der Waals surface area contributed by atoms with Gasteiger partial charge in [-0.3, -0.25) is 4.79 Å². The Balaban J connectivity index is 2.24. The van der Waals surface area contributed by atoms with Gasteiger partial charge in [0, 0.05) is 20.1 Å². The first-order valence-corrected chi connectivity index (χ1v) is 6.21. The van der Waals surface area contributed by atoms with E-state index in [1.807, 2.05) is 11.9 Å². The first-order valence-electron chi connectivity index (χ1n) is 6.21. The molecule has 1 rings (SSSR count). The number of unbranched alkanes of at least 4 members (excludes halogenated alkanes) is 2. The summed E-state index contributed by atoms with van der Waals surface area (Å²) >= 11 is 0. The summed E-state index contributed by atoms with van der Waals surface area (Å²) in [6, 6.07) is 0. The highest BCUT2D eigenvalue weighted by atomic mass is 16.2.